The van der Waals surface area contributed by atoms with Gasteiger partial charge in [0.2, 0.25) is 0 Å². The zero-order valence-electron chi connectivity index (χ0n) is 9.90. The lowest BCUT2D eigenvalue weighted by atomic mass is 10.1. The largest absolute Gasteiger partial charge is 0.352 e. The first-order valence-electron chi connectivity index (χ1n) is 5.40. The zero-order chi connectivity index (χ0) is 13.7. The highest BCUT2D eigenvalue weighted by Crippen LogP contribution is 2.24. The van der Waals surface area contributed by atoms with Crippen molar-refractivity contribution in [3.63, 3.8) is 0 Å². The summed E-state index contributed by atoms with van der Waals surface area (Å²) in [7, 11) is 0. The molecule has 1 aromatic carbocycles. The number of hydrogen-bond donors (Lipinski definition) is 2. The number of carbonyl (C=O) groups is 1. The van der Waals surface area contributed by atoms with Crippen LogP contribution in [0.15, 0.2) is 12.1 Å². The van der Waals surface area contributed by atoms with Crippen molar-refractivity contribution in [1.82, 2.24) is 5.32 Å². The molecule has 0 radical (unpaired) electrons. The summed E-state index contributed by atoms with van der Waals surface area (Å²) < 4.78 is 13.2. The Hall–Kier alpha value is -2.02. The Morgan fingerprint density at radius 3 is 2.78 bits per heavy atom. The van der Waals surface area contributed by atoms with Crippen LogP contribution in [0.1, 0.15) is 22.3 Å². The van der Waals surface area contributed by atoms with Gasteiger partial charge in [0.15, 0.2) is 0 Å². The first kappa shape index (κ1) is 14.0. The highest BCUT2D eigenvalue weighted by atomic mass is 19.1. The van der Waals surface area contributed by atoms with Gasteiger partial charge < -0.3 is 11.1 Å². The number of carbonyl (C=O) groups excluding carboxylic acids is 1. The Labute approximate surface area is 103 Å². The van der Waals surface area contributed by atoms with E-state index in [1.165, 1.54) is 6.92 Å². The van der Waals surface area contributed by atoms with Crippen molar-refractivity contribution in [2.45, 2.75) is 13.3 Å². The van der Waals surface area contributed by atoms with Crippen molar-refractivity contribution in [3.05, 3.63) is 39.2 Å². The Morgan fingerprint density at radius 1 is 1.56 bits per heavy atom. The van der Waals surface area contributed by atoms with Crippen LogP contribution in [0.5, 0.6) is 0 Å². The molecular weight excluding hydrogens is 241 g/mol. The van der Waals surface area contributed by atoms with Gasteiger partial charge in [-0.1, -0.05) is 0 Å². The van der Waals surface area contributed by atoms with Gasteiger partial charge >= 0.3 is 0 Å². The van der Waals surface area contributed by atoms with Crippen molar-refractivity contribution in [1.29, 1.82) is 0 Å². The Kier molecular flexibility index (Phi) is 4.73. The van der Waals surface area contributed by atoms with Gasteiger partial charge in [-0.05, 0) is 32.0 Å². The number of nitrogens with zero attached hydrogens (tertiary/aromatic N) is 1. The quantitative estimate of drug-likeness (QED) is 0.468. The fraction of sp³-hybridized carbons (Fsp3) is 0.364. The molecule has 1 rings (SSSR count). The van der Waals surface area contributed by atoms with Crippen LogP contribution < -0.4 is 11.1 Å². The summed E-state index contributed by atoms with van der Waals surface area (Å²) in [6.07, 6.45) is 0.549. The molecule has 0 aliphatic carbocycles. The Balaban J connectivity index is 3.06. The molecule has 0 spiro atoms. The molecule has 0 fully saturated rings. The molecule has 0 aliphatic rings. The Morgan fingerprint density at radius 2 is 2.22 bits per heavy atom. The fourth-order valence-electron chi connectivity index (χ4n) is 1.55. The summed E-state index contributed by atoms with van der Waals surface area (Å²) in [6.45, 7) is 2.07. The van der Waals surface area contributed by atoms with E-state index in [1.807, 2.05) is 0 Å². The van der Waals surface area contributed by atoms with Crippen molar-refractivity contribution >= 4 is 11.6 Å². The number of nitrogens with two attached hydrogens (primary N) is 1. The molecule has 0 bridgehead atoms. The molecule has 0 unspecified atom stereocenters. The van der Waals surface area contributed by atoms with E-state index in [4.69, 9.17) is 5.73 Å². The van der Waals surface area contributed by atoms with E-state index >= 15 is 0 Å². The van der Waals surface area contributed by atoms with Gasteiger partial charge in [-0.2, -0.15) is 0 Å². The number of amides is 1. The summed E-state index contributed by atoms with van der Waals surface area (Å²) >= 11 is 0. The van der Waals surface area contributed by atoms with Gasteiger partial charge in [0.1, 0.15) is 11.4 Å². The number of hydrogen-bond acceptors (Lipinski definition) is 4. The number of nitro groups is 1. The van der Waals surface area contributed by atoms with Gasteiger partial charge in [0.05, 0.1) is 4.92 Å². The summed E-state index contributed by atoms with van der Waals surface area (Å²) in [4.78, 5) is 21.9. The number of benzene rings is 1. The maximum atomic E-state index is 13.2. The van der Waals surface area contributed by atoms with Crippen molar-refractivity contribution < 1.29 is 14.1 Å². The van der Waals surface area contributed by atoms with Crippen LogP contribution in [-0.4, -0.2) is 23.9 Å². The molecule has 1 amide bonds. The van der Waals surface area contributed by atoms with Gasteiger partial charge in [-0.15, -0.1) is 0 Å². The van der Waals surface area contributed by atoms with E-state index in [0.717, 1.165) is 12.1 Å². The smallest absolute Gasteiger partial charge is 0.285 e. The molecule has 0 saturated carbocycles. The summed E-state index contributed by atoms with van der Waals surface area (Å²) in [6, 6.07) is 1.89. The lowest BCUT2D eigenvalue weighted by molar-refractivity contribution is -0.385. The lowest BCUT2D eigenvalue weighted by Gasteiger charge is -2.07. The van der Waals surface area contributed by atoms with Gasteiger partial charge in [0, 0.05) is 12.1 Å². The molecular formula is C11H14FN3O3. The van der Waals surface area contributed by atoms with Crippen molar-refractivity contribution in [2.24, 2.45) is 5.73 Å². The molecule has 0 aliphatic heterocycles. The molecule has 18 heavy (non-hydrogen) atoms. The third-order valence-electron chi connectivity index (χ3n) is 2.36. The topological polar surface area (TPSA) is 98.3 Å². The minimum atomic E-state index is -0.688. The highest BCUT2D eigenvalue weighted by Gasteiger charge is 2.23. The molecule has 1 aromatic rings. The van der Waals surface area contributed by atoms with Crippen LogP contribution in [0.4, 0.5) is 10.1 Å². The van der Waals surface area contributed by atoms with Crippen molar-refractivity contribution in [3.8, 4) is 0 Å². The number of rotatable bonds is 5. The standard InChI is InChI=1S/C11H14FN3O3/c1-7-5-8(12)6-9(10(7)15(17)18)11(16)14-4-2-3-13/h5-6H,2-4,13H2,1H3,(H,14,16). The molecule has 98 valence electrons. The molecule has 7 heteroatoms. The third-order valence-corrected chi connectivity index (χ3v) is 2.36. The minimum Gasteiger partial charge on any atom is -0.352 e. The maximum absolute atomic E-state index is 13.2. The molecule has 0 saturated heterocycles. The highest BCUT2D eigenvalue weighted by molar-refractivity contribution is 5.98. The molecule has 3 N–H and O–H groups in total. The van der Waals surface area contributed by atoms with E-state index in [9.17, 15) is 19.3 Å². The number of nitro benzene ring substituents is 1. The van der Waals surface area contributed by atoms with E-state index < -0.39 is 16.6 Å². The molecule has 0 heterocycles. The molecule has 0 atom stereocenters. The second kappa shape index (κ2) is 6.06. The summed E-state index contributed by atoms with van der Waals surface area (Å²) in [5.41, 5.74) is 4.73. The zero-order valence-corrected chi connectivity index (χ0v) is 9.90. The third kappa shape index (κ3) is 3.24. The van der Waals surface area contributed by atoms with Crippen molar-refractivity contribution in [2.75, 3.05) is 13.1 Å². The normalized spacial score (nSPS) is 10.2. The predicted octanol–water partition coefficient (Wildman–Crippen LogP) is 1.12. The van der Waals surface area contributed by atoms with Crippen LogP contribution in [-0.2, 0) is 0 Å². The van der Waals surface area contributed by atoms with Crippen LogP contribution in [0.3, 0.4) is 0 Å². The van der Waals surface area contributed by atoms with Gasteiger partial charge in [0.25, 0.3) is 11.6 Å². The number of aryl methyl sites for hydroxylation is 1. The first-order chi connectivity index (χ1) is 8.47. The summed E-state index contributed by atoms with van der Waals surface area (Å²) in [5.74, 6) is -1.35. The second-order valence-corrected chi connectivity index (χ2v) is 3.77. The number of nitrogens with one attached hydrogen (secondary N) is 1. The van der Waals surface area contributed by atoms with Crippen LogP contribution in [0.25, 0.3) is 0 Å². The molecule has 6 nitrogen and oxygen atoms in total. The van der Waals surface area contributed by atoms with Gasteiger partial charge in [-0.25, -0.2) is 4.39 Å². The monoisotopic (exact) mass is 255 g/mol. The predicted molar refractivity (Wildman–Crippen MR) is 63.8 cm³/mol. The average Bonchev–Trinajstić information content (AvgIpc) is 2.27. The van der Waals surface area contributed by atoms with E-state index in [1.54, 1.807) is 0 Å². The molecule has 0 aromatic heterocycles. The summed E-state index contributed by atoms with van der Waals surface area (Å²) in [5, 5.41) is 13.3. The number of halogens is 1. The van der Waals surface area contributed by atoms with Gasteiger partial charge in [-0.3, -0.25) is 14.9 Å². The fourth-order valence-corrected chi connectivity index (χ4v) is 1.55. The SMILES string of the molecule is Cc1cc(F)cc(C(=O)NCCCN)c1[N+](=O)[O-]. The van der Waals surface area contributed by atoms with Crippen LogP contribution in [0, 0.1) is 22.9 Å². The van der Waals surface area contributed by atoms with E-state index in [0.29, 0.717) is 19.5 Å². The maximum Gasteiger partial charge on any atom is 0.285 e. The van der Waals surface area contributed by atoms with Crippen LogP contribution >= 0.6 is 0 Å². The minimum absolute atomic E-state index is 0.115. The Bertz CT molecular complexity index is 477. The van der Waals surface area contributed by atoms with E-state index in [-0.39, 0.29) is 16.8 Å². The van der Waals surface area contributed by atoms with E-state index in [2.05, 4.69) is 5.32 Å². The lowest BCUT2D eigenvalue weighted by Crippen LogP contribution is -2.27. The average molecular weight is 255 g/mol. The van der Waals surface area contributed by atoms with Crippen LogP contribution in [0.2, 0.25) is 0 Å². The first-order valence-corrected chi connectivity index (χ1v) is 5.40. The second-order valence-electron chi connectivity index (χ2n) is 3.77.